The molecule has 2 aromatic rings. The molecule has 2 heterocycles. The third-order valence-corrected chi connectivity index (χ3v) is 2.26. The topological polar surface area (TPSA) is 42.2 Å². The molecule has 0 bridgehead atoms. The van der Waals surface area contributed by atoms with Crippen molar-refractivity contribution in [1.82, 2.24) is 14.6 Å². The minimum absolute atomic E-state index is 0.169. The summed E-state index contributed by atoms with van der Waals surface area (Å²) in [5.41, 5.74) is 1.92. The maximum absolute atomic E-state index is 4.35. The molecule has 4 nitrogen and oxygen atoms in total. The molecule has 78 valence electrons. The fourth-order valence-corrected chi connectivity index (χ4v) is 1.36. The first-order chi connectivity index (χ1) is 7.20. The lowest BCUT2D eigenvalue weighted by molar-refractivity contribution is 0.894. The number of rotatable bonds is 3. The molecule has 0 saturated carbocycles. The Hall–Kier alpha value is -1.84. The number of nitrogens with one attached hydrogen (secondary N) is 1. The van der Waals surface area contributed by atoms with Gasteiger partial charge in [0.25, 0.3) is 0 Å². The summed E-state index contributed by atoms with van der Waals surface area (Å²) < 4.78 is 1.82. The molecule has 4 heteroatoms. The van der Waals surface area contributed by atoms with Gasteiger partial charge in [0.15, 0.2) is 5.65 Å². The highest BCUT2D eigenvalue weighted by molar-refractivity contribution is 5.44. The number of anilines is 1. The average molecular weight is 202 g/mol. The smallest absolute Gasteiger partial charge is 0.243 e. The van der Waals surface area contributed by atoms with Crippen molar-refractivity contribution in [2.45, 2.75) is 19.9 Å². The zero-order valence-electron chi connectivity index (χ0n) is 8.94. The second kappa shape index (κ2) is 3.73. The van der Waals surface area contributed by atoms with E-state index in [1.807, 2.05) is 42.6 Å². The van der Waals surface area contributed by atoms with Crippen LogP contribution in [0.25, 0.3) is 5.65 Å². The van der Waals surface area contributed by atoms with Crippen LogP contribution in [0.15, 0.2) is 30.9 Å². The molecule has 0 spiro atoms. The molecule has 0 amide bonds. The Morgan fingerprint density at radius 3 is 3.00 bits per heavy atom. The van der Waals surface area contributed by atoms with E-state index in [-0.39, 0.29) is 6.04 Å². The van der Waals surface area contributed by atoms with Gasteiger partial charge in [-0.25, -0.2) is 4.52 Å². The molecule has 0 aliphatic heterocycles. The molecule has 0 aliphatic rings. The third kappa shape index (κ3) is 1.83. The highest BCUT2D eigenvalue weighted by atomic mass is 15.4. The highest BCUT2D eigenvalue weighted by Crippen LogP contribution is 2.08. The SMILES string of the molecule is C=CC(C)Nc1nc2cccc(C)n2n1. The summed E-state index contributed by atoms with van der Waals surface area (Å²) in [6, 6.07) is 6.08. The molecule has 2 rings (SSSR count). The highest BCUT2D eigenvalue weighted by Gasteiger charge is 2.05. The standard InChI is InChI=1S/C11H14N4/c1-4-8(2)12-11-13-10-7-5-6-9(3)15(10)14-11/h4-8H,1H2,2-3H3,(H,12,14). The van der Waals surface area contributed by atoms with Crippen LogP contribution in [0.2, 0.25) is 0 Å². The van der Waals surface area contributed by atoms with E-state index in [4.69, 9.17) is 0 Å². The number of hydrogen-bond acceptors (Lipinski definition) is 3. The zero-order valence-corrected chi connectivity index (χ0v) is 8.94. The number of pyridine rings is 1. The molecular weight excluding hydrogens is 188 g/mol. The predicted octanol–water partition coefficient (Wildman–Crippen LogP) is 2.02. The van der Waals surface area contributed by atoms with Gasteiger partial charge in [-0.3, -0.25) is 0 Å². The van der Waals surface area contributed by atoms with E-state index < -0.39 is 0 Å². The summed E-state index contributed by atoms with van der Waals surface area (Å²) in [4.78, 5) is 4.35. The molecule has 0 aliphatic carbocycles. The van der Waals surface area contributed by atoms with Crippen LogP contribution in [0.1, 0.15) is 12.6 Å². The van der Waals surface area contributed by atoms with Gasteiger partial charge in [0.2, 0.25) is 5.95 Å². The number of nitrogens with zero attached hydrogens (tertiary/aromatic N) is 3. The Morgan fingerprint density at radius 1 is 1.53 bits per heavy atom. The van der Waals surface area contributed by atoms with Crippen molar-refractivity contribution < 1.29 is 0 Å². The van der Waals surface area contributed by atoms with Crippen LogP contribution >= 0.6 is 0 Å². The zero-order chi connectivity index (χ0) is 10.8. The van der Waals surface area contributed by atoms with Crippen molar-refractivity contribution >= 4 is 11.6 Å². The Morgan fingerprint density at radius 2 is 2.33 bits per heavy atom. The first kappa shape index (κ1) is 9.71. The maximum atomic E-state index is 4.35. The van der Waals surface area contributed by atoms with Gasteiger partial charge >= 0.3 is 0 Å². The fraction of sp³-hybridized carbons (Fsp3) is 0.273. The summed E-state index contributed by atoms with van der Waals surface area (Å²) in [6.07, 6.45) is 1.82. The molecule has 0 saturated heterocycles. The Balaban J connectivity index is 2.39. The lowest BCUT2D eigenvalue weighted by Gasteiger charge is -2.04. The Kier molecular flexibility index (Phi) is 2.41. The molecule has 1 N–H and O–H groups in total. The third-order valence-electron chi connectivity index (χ3n) is 2.26. The monoisotopic (exact) mass is 202 g/mol. The number of fused-ring (bicyclic) bond motifs is 1. The molecule has 0 aromatic carbocycles. The van der Waals surface area contributed by atoms with Gasteiger partial charge in [-0.15, -0.1) is 11.7 Å². The molecule has 0 fully saturated rings. The van der Waals surface area contributed by atoms with Crippen LogP contribution in [-0.4, -0.2) is 20.6 Å². The minimum atomic E-state index is 0.169. The van der Waals surface area contributed by atoms with Crippen LogP contribution in [0, 0.1) is 6.92 Å². The van der Waals surface area contributed by atoms with E-state index in [1.165, 1.54) is 0 Å². The van der Waals surface area contributed by atoms with E-state index in [2.05, 4.69) is 22.0 Å². The van der Waals surface area contributed by atoms with Crippen molar-refractivity contribution in [3.63, 3.8) is 0 Å². The molecule has 1 unspecified atom stereocenters. The normalized spacial score (nSPS) is 12.7. The lowest BCUT2D eigenvalue weighted by atomic mass is 10.3. The number of hydrogen-bond donors (Lipinski definition) is 1. The Labute approximate surface area is 88.6 Å². The van der Waals surface area contributed by atoms with Crippen molar-refractivity contribution in [3.05, 3.63) is 36.5 Å². The van der Waals surface area contributed by atoms with Crippen molar-refractivity contribution in [2.75, 3.05) is 5.32 Å². The first-order valence-electron chi connectivity index (χ1n) is 4.92. The van der Waals surface area contributed by atoms with E-state index >= 15 is 0 Å². The summed E-state index contributed by atoms with van der Waals surface area (Å²) in [7, 11) is 0. The summed E-state index contributed by atoms with van der Waals surface area (Å²) in [5, 5.41) is 7.49. The quantitative estimate of drug-likeness (QED) is 0.774. The second-order valence-corrected chi connectivity index (χ2v) is 3.54. The molecule has 1 atom stereocenters. The second-order valence-electron chi connectivity index (χ2n) is 3.54. The van der Waals surface area contributed by atoms with E-state index in [0.717, 1.165) is 11.3 Å². The maximum Gasteiger partial charge on any atom is 0.243 e. The molecule has 2 aromatic heterocycles. The number of aryl methyl sites for hydroxylation is 1. The largest absolute Gasteiger partial charge is 0.347 e. The first-order valence-corrected chi connectivity index (χ1v) is 4.92. The van der Waals surface area contributed by atoms with Gasteiger partial charge in [0, 0.05) is 11.7 Å². The van der Waals surface area contributed by atoms with Gasteiger partial charge in [-0.2, -0.15) is 4.98 Å². The van der Waals surface area contributed by atoms with Gasteiger partial charge < -0.3 is 5.32 Å². The van der Waals surface area contributed by atoms with Crippen LogP contribution in [0.5, 0.6) is 0 Å². The van der Waals surface area contributed by atoms with Crippen LogP contribution in [-0.2, 0) is 0 Å². The van der Waals surface area contributed by atoms with Crippen LogP contribution in [0.4, 0.5) is 5.95 Å². The number of aromatic nitrogens is 3. The van der Waals surface area contributed by atoms with Crippen molar-refractivity contribution in [3.8, 4) is 0 Å². The summed E-state index contributed by atoms with van der Waals surface area (Å²) in [6.45, 7) is 7.71. The van der Waals surface area contributed by atoms with E-state index in [1.54, 1.807) is 0 Å². The lowest BCUT2D eigenvalue weighted by Crippen LogP contribution is -2.12. The summed E-state index contributed by atoms with van der Waals surface area (Å²) in [5.74, 6) is 0.636. The van der Waals surface area contributed by atoms with Crippen LogP contribution in [0.3, 0.4) is 0 Å². The van der Waals surface area contributed by atoms with E-state index in [9.17, 15) is 0 Å². The van der Waals surface area contributed by atoms with Crippen molar-refractivity contribution in [1.29, 1.82) is 0 Å². The minimum Gasteiger partial charge on any atom is -0.347 e. The molecule has 0 radical (unpaired) electrons. The molecule has 15 heavy (non-hydrogen) atoms. The van der Waals surface area contributed by atoms with Gasteiger partial charge in [0.05, 0.1) is 0 Å². The van der Waals surface area contributed by atoms with Crippen LogP contribution < -0.4 is 5.32 Å². The fourth-order valence-electron chi connectivity index (χ4n) is 1.36. The Bertz CT molecular complexity index is 486. The average Bonchev–Trinajstić information content (AvgIpc) is 2.62. The summed E-state index contributed by atoms with van der Waals surface area (Å²) >= 11 is 0. The molecular formula is C11H14N4. The van der Waals surface area contributed by atoms with E-state index in [0.29, 0.717) is 5.95 Å². The van der Waals surface area contributed by atoms with Crippen molar-refractivity contribution in [2.24, 2.45) is 0 Å². The van der Waals surface area contributed by atoms with Gasteiger partial charge in [-0.05, 0) is 26.0 Å². The van der Waals surface area contributed by atoms with Gasteiger partial charge in [-0.1, -0.05) is 12.1 Å². The predicted molar refractivity (Wildman–Crippen MR) is 61.0 cm³/mol. The van der Waals surface area contributed by atoms with Gasteiger partial charge in [0.1, 0.15) is 0 Å².